The quantitative estimate of drug-likeness (QED) is 0.236. The van der Waals surface area contributed by atoms with E-state index in [1.807, 2.05) is 0 Å². The van der Waals surface area contributed by atoms with Crippen molar-refractivity contribution in [3.05, 3.63) is 131 Å². The summed E-state index contributed by atoms with van der Waals surface area (Å²) >= 11 is 0. The summed E-state index contributed by atoms with van der Waals surface area (Å²) in [6.07, 6.45) is -9.65. The van der Waals surface area contributed by atoms with Gasteiger partial charge in [0.05, 0.1) is 16.8 Å². The Morgan fingerprint density at radius 2 is 1.38 bits per heavy atom. The molecule has 0 bridgehead atoms. The number of hydrogen-bond acceptors (Lipinski definition) is 2. The van der Waals surface area contributed by atoms with E-state index >= 15 is 0 Å². The summed E-state index contributed by atoms with van der Waals surface area (Å²) in [7, 11) is 0. The van der Waals surface area contributed by atoms with Crippen LogP contribution in [-0.4, -0.2) is 11.0 Å². The molecule has 0 saturated carbocycles. The summed E-state index contributed by atoms with van der Waals surface area (Å²) in [6.45, 7) is 0. The van der Waals surface area contributed by atoms with Crippen molar-refractivity contribution in [3.63, 3.8) is 0 Å². The van der Waals surface area contributed by atoms with E-state index in [1.54, 1.807) is 30.3 Å². The van der Waals surface area contributed by atoms with Gasteiger partial charge < -0.3 is 10.6 Å². The Labute approximate surface area is 222 Å². The van der Waals surface area contributed by atoms with Crippen LogP contribution in [0.1, 0.15) is 27.9 Å². The molecule has 1 heterocycles. The second-order valence-corrected chi connectivity index (χ2v) is 8.81. The zero-order valence-corrected chi connectivity index (χ0v) is 20.2. The van der Waals surface area contributed by atoms with E-state index in [2.05, 4.69) is 15.6 Å². The average Bonchev–Trinajstić information content (AvgIpc) is 2.87. The number of halogens is 8. The van der Waals surface area contributed by atoms with Gasteiger partial charge in [0.2, 0.25) is 0 Å². The van der Waals surface area contributed by atoms with Crippen molar-refractivity contribution in [1.82, 2.24) is 10.3 Å². The van der Waals surface area contributed by atoms with Crippen LogP contribution in [-0.2, 0) is 24.3 Å². The Morgan fingerprint density at radius 3 is 1.98 bits per heavy atom. The number of hydrogen-bond donors (Lipinski definition) is 2. The van der Waals surface area contributed by atoms with Gasteiger partial charge in [0.1, 0.15) is 17.2 Å². The van der Waals surface area contributed by atoms with Gasteiger partial charge in [0, 0.05) is 18.3 Å². The molecule has 4 nitrogen and oxygen atoms in total. The lowest BCUT2D eigenvalue weighted by molar-refractivity contribution is -0.138. The minimum atomic E-state index is -4.99. The zero-order chi connectivity index (χ0) is 29.1. The SMILES string of the molecule is O=C(Nc1cccc(F)c1)N[C@](Cc1ccccc1)(c1cc(F)cc(C(F)(F)F)c1)c1ccc(C(F)(F)F)cn1. The largest absolute Gasteiger partial charge is 0.417 e. The Hall–Kier alpha value is -4.48. The van der Waals surface area contributed by atoms with Crippen LogP contribution in [0.4, 0.5) is 45.6 Å². The maximum atomic E-state index is 14.7. The Kier molecular flexibility index (Phi) is 7.81. The lowest BCUT2D eigenvalue weighted by atomic mass is 9.79. The number of rotatable bonds is 6. The smallest absolute Gasteiger partial charge is 0.322 e. The summed E-state index contributed by atoms with van der Waals surface area (Å²) in [6, 6.07) is 14.7. The van der Waals surface area contributed by atoms with Crippen LogP contribution in [0.2, 0.25) is 0 Å². The van der Waals surface area contributed by atoms with Crippen molar-refractivity contribution in [1.29, 1.82) is 0 Å². The number of alkyl halides is 6. The Balaban J connectivity index is 1.93. The number of pyridine rings is 1. The fourth-order valence-electron chi connectivity index (χ4n) is 4.16. The lowest BCUT2D eigenvalue weighted by Crippen LogP contribution is -2.51. The second kappa shape index (κ2) is 10.9. The first kappa shape index (κ1) is 28.5. The number of anilines is 1. The molecule has 40 heavy (non-hydrogen) atoms. The van der Waals surface area contributed by atoms with E-state index in [9.17, 15) is 39.9 Å². The summed E-state index contributed by atoms with van der Waals surface area (Å²) < 4.78 is 109. The molecule has 3 aromatic carbocycles. The molecule has 0 radical (unpaired) electrons. The fraction of sp³-hybridized carbons (Fsp3) is 0.143. The normalized spacial score (nSPS) is 13.4. The number of carbonyl (C=O) groups is 1. The third-order valence-electron chi connectivity index (χ3n) is 5.97. The molecule has 0 saturated heterocycles. The van der Waals surface area contributed by atoms with Crippen LogP contribution in [0.3, 0.4) is 0 Å². The number of aromatic nitrogens is 1. The molecule has 12 heteroatoms. The third kappa shape index (κ3) is 6.56. The molecule has 2 amide bonds. The Bertz CT molecular complexity index is 1490. The highest BCUT2D eigenvalue weighted by molar-refractivity contribution is 5.90. The molecule has 1 atom stereocenters. The molecule has 0 aliphatic heterocycles. The van der Waals surface area contributed by atoms with E-state index < -0.39 is 52.2 Å². The van der Waals surface area contributed by atoms with Gasteiger partial charge in [-0.25, -0.2) is 13.6 Å². The van der Waals surface area contributed by atoms with E-state index in [4.69, 9.17) is 0 Å². The topological polar surface area (TPSA) is 54.0 Å². The van der Waals surface area contributed by atoms with Gasteiger partial charge in [-0.1, -0.05) is 36.4 Å². The first-order valence-corrected chi connectivity index (χ1v) is 11.6. The highest BCUT2D eigenvalue weighted by Gasteiger charge is 2.42. The van der Waals surface area contributed by atoms with Crippen LogP contribution in [0, 0.1) is 11.6 Å². The highest BCUT2D eigenvalue weighted by Crippen LogP contribution is 2.38. The number of nitrogens with zero attached hydrogens (tertiary/aromatic N) is 1. The number of amides is 2. The summed E-state index contributed by atoms with van der Waals surface area (Å²) in [5, 5.41) is 4.84. The first-order chi connectivity index (χ1) is 18.8. The molecule has 2 N–H and O–H groups in total. The molecule has 0 aliphatic carbocycles. The van der Waals surface area contributed by atoms with Gasteiger partial charge in [-0.15, -0.1) is 0 Å². The molecule has 1 aromatic heterocycles. The van der Waals surface area contributed by atoms with Gasteiger partial charge in [0.25, 0.3) is 0 Å². The molecule has 0 fully saturated rings. The molecule has 0 spiro atoms. The summed E-state index contributed by atoms with van der Waals surface area (Å²) in [5.74, 6) is -2.00. The second-order valence-electron chi connectivity index (χ2n) is 8.81. The molecule has 208 valence electrons. The van der Waals surface area contributed by atoms with Gasteiger partial charge in [-0.05, 0) is 59.7 Å². The van der Waals surface area contributed by atoms with Crippen molar-refractivity contribution in [3.8, 4) is 0 Å². The van der Waals surface area contributed by atoms with Crippen molar-refractivity contribution >= 4 is 11.7 Å². The standard InChI is InChI=1S/C28H19F8N3O/c29-21-7-4-8-23(14-21)38-25(40)39-26(15-17-5-2-1-3-6-17,24-10-9-18(16-37-24)27(31,32)33)19-11-20(28(34,35)36)13-22(30)12-19/h1-14,16H,15H2,(H2,38,39,40)/t26-/m1/s1. The number of nitrogens with one attached hydrogen (secondary N) is 2. The average molecular weight is 565 g/mol. The van der Waals surface area contributed by atoms with E-state index in [1.165, 1.54) is 12.1 Å². The van der Waals surface area contributed by atoms with Crippen LogP contribution >= 0.6 is 0 Å². The van der Waals surface area contributed by atoms with Crippen LogP contribution in [0.15, 0.2) is 91.1 Å². The van der Waals surface area contributed by atoms with E-state index in [0.717, 1.165) is 24.3 Å². The minimum absolute atomic E-state index is 0.0262. The lowest BCUT2D eigenvalue weighted by Gasteiger charge is -2.36. The first-order valence-electron chi connectivity index (χ1n) is 11.6. The van der Waals surface area contributed by atoms with Crippen LogP contribution in [0.5, 0.6) is 0 Å². The van der Waals surface area contributed by atoms with Crippen molar-refractivity contribution in [2.24, 2.45) is 0 Å². The molecule has 4 rings (SSSR count). The van der Waals surface area contributed by atoms with Crippen molar-refractivity contribution in [2.45, 2.75) is 24.3 Å². The molecular formula is C28H19F8N3O. The van der Waals surface area contributed by atoms with Gasteiger partial charge in [-0.3, -0.25) is 4.98 Å². The minimum Gasteiger partial charge on any atom is -0.322 e. The van der Waals surface area contributed by atoms with E-state index in [0.29, 0.717) is 23.9 Å². The molecule has 0 unspecified atom stereocenters. The molecule has 0 aliphatic rings. The van der Waals surface area contributed by atoms with E-state index in [-0.39, 0.29) is 23.9 Å². The number of urea groups is 1. The monoisotopic (exact) mass is 565 g/mol. The predicted molar refractivity (Wildman–Crippen MR) is 130 cm³/mol. The fourth-order valence-corrected chi connectivity index (χ4v) is 4.16. The highest BCUT2D eigenvalue weighted by atomic mass is 19.4. The van der Waals surface area contributed by atoms with Gasteiger partial charge in [0.15, 0.2) is 0 Å². The summed E-state index contributed by atoms with van der Waals surface area (Å²) in [5.41, 5.74) is -5.01. The van der Waals surface area contributed by atoms with Crippen LogP contribution < -0.4 is 10.6 Å². The number of carbonyl (C=O) groups excluding carboxylic acids is 1. The zero-order valence-electron chi connectivity index (χ0n) is 20.2. The Morgan fingerprint density at radius 1 is 0.700 bits per heavy atom. The maximum absolute atomic E-state index is 14.7. The maximum Gasteiger partial charge on any atom is 0.417 e. The summed E-state index contributed by atoms with van der Waals surface area (Å²) in [4.78, 5) is 17.1. The predicted octanol–water partition coefficient (Wildman–Crippen LogP) is 7.71. The van der Waals surface area contributed by atoms with Crippen molar-refractivity contribution < 1.29 is 39.9 Å². The number of benzene rings is 3. The molecule has 4 aromatic rings. The van der Waals surface area contributed by atoms with Gasteiger partial charge in [-0.2, -0.15) is 26.3 Å². The third-order valence-corrected chi connectivity index (χ3v) is 5.97. The molecular weight excluding hydrogens is 546 g/mol. The van der Waals surface area contributed by atoms with Crippen LogP contribution in [0.25, 0.3) is 0 Å². The van der Waals surface area contributed by atoms with Gasteiger partial charge >= 0.3 is 18.4 Å². The van der Waals surface area contributed by atoms with Crippen molar-refractivity contribution in [2.75, 3.05) is 5.32 Å².